The van der Waals surface area contributed by atoms with Gasteiger partial charge >= 0.3 is 6.09 Å². The monoisotopic (exact) mass is 753 g/mol. The number of amides is 3. The predicted octanol–water partition coefficient (Wildman–Crippen LogP) is 5.23. The van der Waals surface area contributed by atoms with E-state index >= 15 is 0 Å². The number of likely N-dealkylation sites (tertiary alicyclic amines) is 1. The molecule has 2 saturated carbocycles. The van der Waals surface area contributed by atoms with Gasteiger partial charge < -0.3 is 25.4 Å². The minimum atomic E-state index is -1.26. The molecule has 0 bridgehead atoms. The number of aromatic nitrogens is 2. The number of hydrogen-bond donors (Lipinski definition) is 3. The Labute approximate surface area is 320 Å². The summed E-state index contributed by atoms with van der Waals surface area (Å²) in [5.41, 5.74) is -1.37. The van der Waals surface area contributed by atoms with Crippen LogP contribution in [0.3, 0.4) is 0 Å². The average molecular weight is 754 g/mol. The van der Waals surface area contributed by atoms with Crippen LogP contribution in [0.25, 0.3) is 0 Å². The minimum Gasteiger partial charge on any atom is -0.444 e. The molecule has 300 valence electrons. The molecule has 1 aromatic rings. The van der Waals surface area contributed by atoms with Crippen molar-refractivity contribution in [1.82, 2.24) is 25.5 Å². The van der Waals surface area contributed by atoms with Gasteiger partial charge in [-0.1, -0.05) is 53.4 Å². The van der Waals surface area contributed by atoms with Crippen molar-refractivity contribution < 1.29 is 38.6 Å². The van der Waals surface area contributed by atoms with Gasteiger partial charge in [0.1, 0.15) is 23.2 Å². The lowest BCUT2D eigenvalue weighted by molar-refractivity contribution is -0.135. The Kier molecular flexibility index (Phi) is 14.9. The van der Waals surface area contributed by atoms with Crippen LogP contribution in [-0.2, 0) is 23.9 Å². The van der Waals surface area contributed by atoms with Crippen molar-refractivity contribution in [3.05, 3.63) is 24.3 Å². The van der Waals surface area contributed by atoms with E-state index in [2.05, 4.69) is 20.6 Å². The molecule has 2 aliphatic carbocycles. The third-order valence-corrected chi connectivity index (χ3v) is 11.1. The molecule has 54 heavy (non-hydrogen) atoms. The van der Waals surface area contributed by atoms with Gasteiger partial charge in [0, 0.05) is 50.7 Å². The largest absolute Gasteiger partial charge is 0.444 e. The molecule has 2 heterocycles. The zero-order valence-corrected chi connectivity index (χ0v) is 33.4. The maximum atomic E-state index is 14.3. The topological polar surface area (TPSA) is 185 Å². The third kappa shape index (κ3) is 12.4. The molecule has 1 aliphatic heterocycles. The second kappa shape index (κ2) is 18.7. The SMILES string of the molecule is CCCC(CC(=O)[C@@H]1CN(C(=O)OC(C)(C)C)CC1NC(=O)C(CC(=O)[C@@H](NC(=O)c1cnccn1)C1CCCCC1)C(C)(C)C)C(O)C(=O)CC1CC1. The molecule has 4 rings (SSSR count). The van der Waals surface area contributed by atoms with Gasteiger partial charge in [-0.05, 0) is 76.0 Å². The van der Waals surface area contributed by atoms with E-state index in [9.17, 15) is 33.9 Å². The van der Waals surface area contributed by atoms with Crippen LogP contribution in [-0.4, -0.2) is 92.1 Å². The molecule has 13 nitrogen and oxygen atoms in total. The molecule has 3 fully saturated rings. The van der Waals surface area contributed by atoms with E-state index in [0.717, 1.165) is 44.9 Å². The van der Waals surface area contributed by atoms with Gasteiger partial charge in [0.15, 0.2) is 11.6 Å². The number of nitrogens with one attached hydrogen (secondary N) is 2. The van der Waals surface area contributed by atoms with Crippen molar-refractivity contribution >= 4 is 35.3 Å². The summed E-state index contributed by atoms with van der Waals surface area (Å²) in [4.78, 5) is 91.5. The summed E-state index contributed by atoms with van der Waals surface area (Å²) in [5, 5.41) is 17.0. The zero-order chi connectivity index (χ0) is 39.8. The second-order valence-electron chi connectivity index (χ2n) is 17.9. The molecular weight excluding hydrogens is 690 g/mol. The van der Waals surface area contributed by atoms with E-state index in [1.165, 1.54) is 23.5 Å². The van der Waals surface area contributed by atoms with E-state index in [0.29, 0.717) is 25.2 Å². The number of hydrogen-bond acceptors (Lipinski definition) is 10. The predicted molar refractivity (Wildman–Crippen MR) is 202 cm³/mol. The second-order valence-corrected chi connectivity index (χ2v) is 17.9. The maximum absolute atomic E-state index is 14.3. The smallest absolute Gasteiger partial charge is 0.410 e. The maximum Gasteiger partial charge on any atom is 0.410 e. The minimum absolute atomic E-state index is 0.000926. The van der Waals surface area contributed by atoms with Gasteiger partial charge in [-0.25, -0.2) is 9.78 Å². The molecule has 4 unspecified atom stereocenters. The summed E-state index contributed by atoms with van der Waals surface area (Å²) in [5.74, 6) is -3.69. The van der Waals surface area contributed by atoms with Gasteiger partial charge in [-0.15, -0.1) is 0 Å². The molecule has 1 aromatic heterocycles. The summed E-state index contributed by atoms with van der Waals surface area (Å²) in [6, 6.07) is -1.60. The van der Waals surface area contributed by atoms with Crippen molar-refractivity contribution in [1.29, 1.82) is 0 Å². The summed E-state index contributed by atoms with van der Waals surface area (Å²) < 4.78 is 5.63. The van der Waals surface area contributed by atoms with Gasteiger partial charge in [0.2, 0.25) is 5.91 Å². The van der Waals surface area contributed by atoms with Crippen molar-refractivity contribution in [2.75, 3.05) is 13.1 Å². The molecule has 3 N–H and O–H groups in total. The van der Waals surface area contributed by atoms with Crippen molar-refractivity contribution in [3.63, 3.8) is 0 Å². The highest BCUT2D eigenvalue weighted by Crippen LogP contribution is 2.36. The molecule has 1 saturated heterocycles. The number of carbonyl (C=O) groups is 6. The van der Waals surface area contributed by atoms with Crippen molar-refractivity contribution in [2.45, 2.75) is 149 Å². The fourth-order valence-electron chi connectivity index (χ4n) is 7.86. The molecular formula is C41H63N5O8. The van der Waals surface area contributed by atoms with Crippen LogP contribution < -0.4 is 10.6 Å². The molecule has 0 radical (unpaired) electrons. The fourth-order valence-corrected chi connectivity index (χ4v) is 7.86. The summed E-state index contributed by atoms with van der Waals surface area (Å²) in [7, 11) is 0. The number of nitrogens with zero attached hydrogens (tertiary/aromatic N) is 3. The quantitative estimate of drug-likeness (QED) is 0.190. The van der Waals surface area contributed by atoms with Gasteiger partial charge in [0.25, 0.3) is 5.91 Å². The standard InChI is InChI=1S/C41H63N5O8/c1-8-12-27(36(50)34(49)19-25-15-16-25)20-32(47)28-23-46(39(53)54-41(5,6)7)24-31(28)44-37(51)29(40(2,3)4)21-33(48)35(26-13-10-9-11-14-26)45-38(52)30-22-42-17-18-43-30/h17-18,22,25-29,31,35-36,50H,8-16,19-21,23-24H2,1-7H3,(H,44,51)(H,45,52)/t27?,28-,29?,31?,35+,36?/m1/s1. The van der Waals surface area contributed by atoms with E-state index < -0.39 is 64.9 Å². The molecule has 3 aliphatic rings. The van der Waals surface area contributed by atoms with Crippen molar-refractivity contribution in [3.8, 4) is 0 Å². The highest BCUT2D eigenvalue weighted by atomic mass is 16.6. The van der Waals surface area contributed by atoms with E-state index in [1.807, 2.05) is 27.7 Å². The fraction of sp³-hybridized carbons (Fsp3) is 0.756. The Morgan fingerprint density at radius 3 is 2.19 bits per heavy atom. The first-order chi connectivity index (χ1) is 25.4. The van der Waals surface area contributed by atoms with Gasteiger partial charge in [-0.3, -0.25) is 29.0 Å². The first-order valence-corrected chi connectivity index (χ1v) is 20.0. The lowest BCUT2D eigenvalue weighted by atomic mass is 9.74. The lowest BCUT2D eigenvalue weighted by Gasteiger charge is -2.34. The molecule has 0 spiro atoms. The molecule has 0 aromatic carbocycles. The van der Waals surface area contributed by atoms with Crippen LogP contribution in [0.15, 0.2) is 18.6 Å². The molecule has 13 heteroatoms. The Hall–Kier alpha value is -3.74. The molecule has 3 amide bonds. The highest BCUT2D eigenvalue weighted by molar-refractivity contribution is 5.98. The first-order valence-electron chi connectivity index (χ1n) is 20.0. The number of ketones is 3. The van der Waals surface area contributed by atoms with Crippen LogP contribution >= 0.6 is 0 Å². The number of aliphatic hydroxyl groups excluding tert-OH is 1. The Morgan fingerprint density at radius 2 is 1.61 bits per heavy atom. The zero-order valence-electron chi connectivity index (χ0n) is 33.4. The van der Waals surface area contributed by atoms with E-state index in [1.54, 1.807) is 20.8 Å². The highest BCUT2D eigenvalue weighted by Gasteiger charge is 2.45. The van der Waals surface area contributed by atoms with Crippen LogP contribution in [0.1, 0.15) is 136 Å². The van der Waals surface area contributed by atoms with Crippen LogP contribution in [0.5, 0.6) is 0 Å². The number of ether oxygens (including phenoxy) is 1. The van der Waals surface area contributed by atoms with Gasteiger partial charge in [-0.2, -0.15) is 0 Å². The Bertz CT molecular complexity index is 1480. The Balaban J connectivity index is 1.55. The number of rotatable bonds is 17. The third-order valence-electron chi connectivity index (χ3n) is 11.1. The summed E-state index contributed by atoms with van der Waals surface area (Å²) >= 11 is 0. The van der Waals surface area contributed by atoms with Crippen LogP contribution in [0, 0.1) is 35.0 Å². The summed E-state index contributed by atoms with van der Waals surface area (Å²) in [6.45, 7) is 12.8. The summed E-state index contributed by atoms with van der Waals surface area (Å²) in [6.07, 6.45) is 10.0. The van der Waals surface area contributed by atoms with E-state index in [-0.39, 0.29) is 54.9 Å². The average Bonchev–Trinajstić information content (AvgIpc) is 3.83. The number of Topliss-reactive ketones (excluding diaryl/α,β-unsaturated/α-hetero) is 3. The van der Waals surface area contributed by atoms with E-state index in [4.69, 9.17) is 4.74 Å². The van der Waals surface area contributed by atoms with Gasteiger partial charge in [0.05, 0.1) is 24.2 Å². The number of aliphatic hydroxyl groups is 1. The van der Waals surface area contributed by atoms with Crippen LogP contribution in [0.4, 0.5) is 4.79 Å². The molecule has 6 atom stereocenters. The van der Waals surface area contributed by atoms with Crippen LogP contribution in [0.2, 0.25) is 0 Å². The van der Waals surface area contributed by atoms with Crippen molar-refractivity contribution in [2.24, 2.45) is 35.0 Å². The first kappa shape index (κ1) is 43.0. The number of carbonyl (C=O) groups excluding carboxylic acids is 6. The lowest BCUT2D eigenvalue weighted by Crippen LogP contribution is -2.51. The normalized spacial score (nSPS) is 21.7. The Morgan fingerprint density at radius 1 is 0.926 bits per heavy atom.